The number of fused-ring (bicyclic) bond motifs is 1. The molecule has 0 aliphatic heterocycles. The first-order valence-corrected chi connectivity index (χ1v) is 11.6. The second kappa shape index (κ2) is 10.0. The minimum atomic E-state index is -4.71. The molecule has 3 aromatic rings. The Balaban J connectivity index is 1.64. The summed E-state index contributed by atoms with van der Waals surface area (Å²) in [6.45, 7) is -1.78. The summed E-state index contributed by atoms with van der Waals surface area (Å²) in [7, 11) is -2.96. The summed E-state index contributed by atoms with van der Waals surface area (Å²) in [6.07, 6.45) is -4.13. The molecule has 174 valence electrons. The minimum Gasteiger partial charge on any atom is -0.497 e. The number of nitrogens with zero attached hydrogens (tertiary/aromatic N) is 4. The molecule has 1 atom stereocenters. The average Bonchev–Trinajstić information content (AvgIpc) is 3.13. The van der Waals surface area contributed by atoms with Crippen LogP contribution >= 0.6 is 19.4 Å². The summed E-state index contributed by atoms with van der Waals surface area (Å²) in [5.41, 5.74) is 6.73. The molecule has 32 heavy (non-hydrogen) atoms. The highest BCUT2D eigenvalue weighted by atomic mass is 32.2. The summed E-state index contributed by atoms with van der Waals surface area (Å²) in [5, 5.41) is 0.526. The quantitative estimate of drug-likeness (QED) is 0.246. The third-order valence-corrected chi connectivity index (χ3v) is 5.91. The maximum Gasteiger partial charge on any atom is 0.412 e. The number of hydrogen-bond acceptors (Lipinski definition) is 9. The number of rotatable bonds is 10. The Kier molecular flexibility index (Phi) is 7.62. The summed E-state index contributed by atoms with van der Waals surface area (Å²) in [6, 6.07) is 7.32. The van der Waals surface area contributed by atoms with Crippen molar-refractivity contribution in [2.45, 2.75) is 22.6 Å². The lowest BCUT2D eigenvalue weighted by atomic mass is 10.3. The second-order valence-corrected chi connectivity index (χ2v) is 9.19. The van der Waals surface area contributed by atoms with E-state index in [1.165, 1.54) is 18.1 Å². The van der Waals surface area contributed by atoms with Crippen molar-refractivity contribution in [1.82, 2.24) is 19.5 Å². The van der Waals surface area contributed by atoms with E-state index >= 15 is 0 Å². The fraction of sp³-hybridized carbons (Fsp3) is 0.353. The van der Waals surface area contributed by atoms with Crippen LogP contribution in [0, 0.1) is 0 Å². The van der Waals surface area contributed by atoms with Crippen molar-refractivity contribution < 1.29 is 36.6 Å². The first-order chi connectivity index (χ1) is 15.1. The van der Waals surface area contributed by atoms with Crippen LogP contribution in [0.3, 0.4) is 0 Å². The molecule has 0 amide bonds. The number of nitrogens with two attached hydrogens (primary N) is 1. The van der Waals surface area contributed by atoms with E-state index < -0.39 is 26.7 Å². The predicted molar refractivity (Wildman–Crippen MR) is 110 cm³/mol. The van der Waals surface area contributed by atoms with Gasteiger partial charge in [0.2, 0.25) is 5.95 Å². The van der Waals surface area contributed by atoms with E-state index in [0.29, 0.717) is 21.9 Å². The molecular formula is C17H19F3N5O5PS. The molecule has 0 saturated carbocycles. The first kappa shape index (κ1) is 24.3. The number of methoxy groups -OCH3 is 1. The maximum atomic E-state index is 12.1. The van der Waals surface area contributed by atoms with Crippen LogP contribution in [-0.4, -0.2) is 57.3 Å². The average molecular weight is 493 g/mol. The zero-order chi connectivity index (χ0) is 23.4. The van der Waals surface area contributed by atoms with E-state index in [9.17, 15) is 22.6 Å². The predicted octanol–water partition coefficient (Wildman–Crippen LogP) is 3.31. The number of hydrogen-bond donors (Lipinski definition) is 2. The van der Waals surface area contributed by atoms with Gasteiger partial charge in [0.05, 0.1) is 20.0 Å². The van der Waals surface area contributed by atoms with Crippen molar-refractivity contribution in [3.63, 3.8) is 0 Å². The van der Waals surface area contributed by atoms with Crippen LogP contribution in [0.1, 0.15) is 0 Å². The second-order valence-electron chi connectivity index (χ2n) is 6.34. The number of imidazole rings is 1. The standard InChI is InChI=1S/C17H19F3N5O5PS/c1-28-11-2-4-12(5-3-11)32-15-13-14(23-16(21)24-15)25(9-22-13)6-7-29-10-31(26,27)30-8-17(18,19)20/h2-5,9H,6-8,10H2,1H3,(H,26,27)(H2,21,23,24). The fourth-order valence-electron chi connectivity index (χ4n) is 2.48. The van der Waals surface area contributed by atoms with Crippen molar-refractivity contribution in [3.8, 4) is 5.75 Å². The van der Waals surface area contributed by atoms with Crippen molar-refractivity contribution in [3.05, 3.63) is 30.6 Å². The van der Waals surface area contributed by atoms with Crippen LogP contribution in [0.4, 0.5) is 19.1 Å². The minimum absolute atomic E-state index is 0.0246. The Morgan fingerprint density at radius 1 is 1.25 bits per heavy atom. The van der Waals surface area contributed by atoms with E-state index in [2.05, 4.69) is 19.5 Å². The molecule has 0 radical (unpaired) electrons. The van der Waals surface area contributed by atoms with Crippen LogP contribution in [0.5, 0.6) is 5.75 Å². The van der Waals surface area contributed by atoms with Crippen molar-refractivity contribution >= 4 is 36.5 Å². The van der Waals surface area contributed by atoms with Crippen LogP contribution in [0.15, 0.2) is 40.5 Å². The number of anilines is 1. The molecule has 10 nitrogen and oxygen atoms in total. The van der Waals surface area contributed by atoms with Crippen molar-refractivity contribution in [1.29, 1.82) is 0 Å². The summed E-state index contributed by atoms with van der Waals surface area (Å²) in [5.74, 6) is 0.735. The van der Waals surface area contributed by atoms with Gasteiger partial charge in [-0.25, -0.2) is 9.97 Å². The van der Waals surface area contributed by atoms with E-state index in [0.717, 1.165) is 4.90 Å². The van der Waals surface area contributed by atoms with Gasteiger partial charge in [0, 0.05) is 11.4 Å². The Labute approximate surface area is 184 Å². The van der Waals surface area contributed by atoms with Crippen LogP contribution in [-0.2, 0) is 20.4 Å². The van der Waals surface area contributed by atoms with Gasteiger partial charge in [-0.1, -0.05) is 11.8 Å². The van der Waals surface area contributed by atoms with Gasteiger partial charge in [-0.15, -0.1) is 0 Å². The molecule has 3 N–H and O–H groups in total. The number of benzene rings is 1. The molecule has 15 heteroatoms. The Morgan fingerprint density at radius 2 is 1.97 bits per heavy atom. The SMILES string of the molecule is COc1ccc(Sc2nc(N)nc3c2ncn3CCOCP(=O)(O)OCC(F)(F)F)cc1. The van der Waals surface area contributed by atoms with Gasteiger partial charge >= 0.3 is 13.8 Å². The molecule has 0 fully saturated rings. The smallest absolute Gasteiger partial charge is 0.412 e. The molecule has 0 spiro atoms. The van der Waals surface area contributed by atoms with Gasteiger partial charge in [0.25, 0.3) is 0 Å². The number of halogens is 3. The van der Waals surface area contributed by atoms with Gasteiger partial charge in [-0.3, -0.25) is 9.09 Å². The molecule has 1 unspecified atom stereocenters. The van der Waals surface area contributed by atoms with Crippen LogP contribution in [0.25, 0.3) is 11.2 Å². The highest BCUT2D eigenvalue weighted by Crippen LogP contribution is 2.43. The van der Waals surface area contributed by atoms with E-state index in [1.807, 2.05) is 12.1 Å². The Bertz CT molecular complexity index is 1110. The maximum absolute atomic E-state index is 12.1. The number of nitrogen functional groups attached to an aromatic ring is 1. The van der Waals surface area contributed by atoms with E-state index in [1.54, 1.807) is 23.8 Å². The number of aromatic nitrogens is 4. The van der Waals surface area contributed by atoms with Gasteiger partial charge in [-0.2, -0.15) is 18.2 Å². The van der Waals surface area contributed by atoms with Crippen LogP contribution < -0.4 is 10.5 Å². The van der Waals surface area contributed by atoms with Crippen molar-refractivity contribution in [2.75, 3.05) is 32.4 Å². The molecule has 0 aliphatic carbocycles. The highest BCUT2D eigenvalue weighted by molar-refractivity contribution is 7.99. The van der Waals surface area contributed by atoms with Crippen molar-refractivity contribution in [2.24, 2.45) is 0 Å². The van der Waals surface area contributed by atoms with E-state index in [4.69, 9.17) is 15.2 Å². The zero-order valence-corrected chi connectivity index (χ0v) is 18.4. The lowest BCUT2D eigenvalue weighted by Crippen LogP contribution is -2.17. The molecule has 0 saturated heterocycles. The van der Waals surface area contributed by atoms with Crippen LogP contribution in [0.2, 0.25) is 0 Å². The molecule has 0 aliphatic rings. The molecule has 2 heterocycles. The highest BCUT2D eigenvalue weighted by Gasteiger charge is 2.32. The molecule has 2 aromatic heterocycles. The third-order valence-electron chi connectivity index (χ3n) is 3.88. The Morgan fingerprint density at radius 3 is 2.62 bits per heavy atom. The third kappa shape index (κ3) is 6.81. The molecule has 1 aromatic carbocycles. The molecular weight excluding hydrogens is 474 g/mol. The Hall–Kier alpha value is -2.38. The lowest BCUT2D eigenvalue weighted by molar-refractivity contribution is -0.155. The number of ether oxygens (including phenoxy) is 2. The van der Waals surface area contributed by atoms with Gasteiger partial charge < -0.3 is 24.7 Å². The molecule has 3 rings (SSSR count). The molecule has 0 bridgehead atoms. The van der Waals surface area contributed by atoms with E-state index in [-0.39, 0.29) is 19.1 Å². The number of alkyl halides is 3. The summed E-state index contributed by atoms with van der Waals surface area (Å²) in [4.78, 5) is 23.0. The fourth-order valence-corrected chi connectivity index (χ4v) is 4.14. The van der Waals surface area contributed by atoms with Gasteiger partial charge in [-0.05, 0) is 24.3 Å². The lowest BCUT2D eigenvalue weighted by Gasteiger charge is -2.14. The normalized spacial score (nSPS) is 13.9. The first-order valence-electron chi connectivity index (χ1n) is 8.97. The van der Waals surface area contributed by atoms with Gasteiger partial charge in [0.1, 0.15) is 22.6 Å². The summed E-state index contributed by atoms with van der Waals surface area (Å²) < 4.78 is 63.6. The zero-order valence-electron chi connectivity index (χ0n) is 16.7. The van der Waals surface area contributed by atoms with Gasteiger partial charge in [0.15, 0.2) is 12.3 Å². The largest absolute Gasteiger partial charge is 0.497 e. The topological polar surface area (TPSA) is 135 Å². The monoisotopic (exact) mass is 493 g/mol. The summed E-state index contributed by atoms with van der Waals surface area (Å²) >= 11 is 1.33.